The molecular weight excluding hydrogens is 206 g/mol. The van der Waals surface area contributed by atoms with Crippen LogP contribution in [0.4, 0.5) is 0 Å². The maximum absolute atomic E-state index is 11.8. The van der Waals surface area contributed by atoms with Crippen molar-refractivity contribution in [2.45, 2.75) is 38.3 Å². The Bertz CT molecular complexity index is 253. The minimum atomic E-state index is -0.0701. The Morgan fingerprint density at radius 3 is 2.88 bits per heavy atom. The van der Waals surface area contributed by atoms with Crippen LogP contribution in [0.3, 0.4) is 0 Å². The molecule has 1 aliphatic carbocycles. The standard InChI is InChI=1S/C12H21NO3/c1-3-10-8-13(6-7-16-10)11(9-4-5-9)12(14)15-2/h9-11H,3-8H2,1-2H3. The number of rotatable bonds is 4. The third-order valence-electron chi connectivity index (χ3n) is 3.53. The van der Waals surface area contributed by atoms with E-state index in [1.54, 1.807) is 0 Å². The highest BCUT2D eigenvalue weighted by atomic mass is 16.5. The molecule has 1 saturated heterocycles. The highest BCUT2D eigenvalue weighted by Gasteiger charge is 2.42. The monoisotopic (exact) mass is 227 g/mol. The van der Waals surface area contributed by atoms with Gasteiger partial charge in [-0.2, -0.15) is 0 Å². The van der Waals surface area contributed by atoms with Crippen molar-refractivity contribution >= 4 is 5.97 Å². The van der Waals surface area contributed by atoms with Crippen LogP contribution in [-0.4, -0.2) is 49.8 Å². The zero-order valence-electron chi connectivity index (χ0n) is 10.1. The van der Waals surface area contributed by atoms with Gasteiger partial charge in [-0.3, -0.25) is 9.69 Å². The summed E-state index contributed by atoms with van der Waals surface area (Å²) in [5, 5.41) is 0. The molecule has 1 saturated carbocycles. The molecule has 2 fully saturated rings. The minimum Gasteiger partial charge on any atom is -0.468 e. The maximum Gasteiger partial charge on any atom is 0.323 e. The van der Waals surface area contributed by atoms with Crippen molar-refractivity contribution < 1.29 is 14.3 Å². The molecule has 0 aromatic heterocycles. The normalized spacial score (nSPS) is 28.8. The number of carbonyl (C=O) groups is 1. The fourth-order valence-corrected chi connectivity index (χ4v) is 2.41. The summed E-state index contributed by atoms with van der Waals surface area (Å²) in [5.41, 5.74) is 0. The first-order valence-electron chi connectivity index (χ1n) is 6.19. The molecule has 92 valence electrons. The first-order chi connectivity index (χ1) is 7.76. The molecule has 0 N–H and O–H groups in total. The molecular formula is C12H21NO3. The van der Waals surface area contributed by atoms with E-state index in [2.05, 4.69) is 11.8 Å². The van der Waals surface area contributed by atoms with Crippen LogP contribution in [0.1, 0.15) is 26.2 Å². The number of hydrogen-bond acceptors (Lipinski definition) is 4. The Morgan fingerprint density at radius 2 is 2.31 bits per heavy atom. The molecule has 1 heterocycles. The first kappa shape index (κ1) is 11.9. The SMILES string of the molecule is CCC1CN(C(C(=O)OC)C2CC2)CCO1. The Hall–Kier alpha value is -0.610. The molecule has 0 radical (unpaired) electrons. The molecule has 4 nitrogen and oxygen atoms in total. The van der Waals surface area contributed by atoms with Crippen LogP contribution >= 0.6 is 0 Å². The van der Waals surface area contributed by atoms with E-state index in [1.165, 1.54) is 7.11 Å². The van der Waals surface area contributed by atoms with Gasteiger partial charge in [0.1, 0.15) is 6.04 Å². The van der Waals surface area contributed by atoms with Gasteiger partial charge in [-0.25, -0.2) is 0 Å². The van der Waals surface area contributed by atoms with Crippen LogP contribution in [0.25, 0.3) is 0 Å². The molecule has 0 spiro atoms. The lowest BCUT2D eigenvalue weighted by molar-refractivity contribution is -0.151. The topological polar surface area (TPSA) is 38.8 Å². The summed E-state index contributed by atoms with van der Waals surface area (Å²) < 4.78 is 10.5. The Labute approximate surface area is 96.9 Å². The molecule has 2 aliphatic rings. The van der Waals surface area contributed by atoms with Crippen molar-refractivity contribution in [2.24, 2.45) is 5.92 Å². The van der Waals surface area contributed by atoms with Crippen molar-refractivity contribution in [1.82, 2.24) is 4.90 Å². The molecule has 2 rings (SSSR count). The summed E-state index contributed by atoms with van der Waals surface area (Å²) in [6.07, 6.45) is 3.61. The number of carbonyl (C=O) groups excluding carboxylic acids is 1. The van der Waals surface area contributed by atoms with Gasteiger partial charge in [0.15, 0.2) is 0 Å². The summed E-state index contributed by atoms with van der Waals surface area (Å²) in [5.74, 6) is 0.447. The summed E-state index contributed by atoms with van der Waals surface area (Å²) in [6.45, 7) is 4.58. The van der Waals surface area contributed by atoms with Gasteiger partial charge in [0.05, 0.1) is 19.8 Å². The highest BCUT2D eigenvalue weighted by molar-refractivity contribution is 5.76. The number of ether oxygens (including phenoxy) is 2. The predicted octanol–water partition coefficient (Wildman–Crippen LogP) is 1.05. The zero-order valence-corrected chi connectivity index (χ0v) is 10.1. The number of nitrogens with zero attached hydrogens (tertiary/aromatic N) is 1. The fraction of sp³-hybridized carbons (Fsp3) is 0.917. The summed E-state index contributed by atoms with van der Waals surface area (Å²) in [6, 6.07) is -0.0250. The number of hydrogen-bond donors (Lipinski definition) is 0. The molecule has 16 heavy (non-hydrogen) atoms. The van der Waals surface area contributed by atoms with Gasteiger partial charge in [0.2, 0.25) is 0 Å². The van der Waals surface area contributed by atoms with Crippen molar-refractivity contribution in [3.8, 4) is 0 Å². The van der Waals surface area contributed by atoms with Gasteiger partial charge >= 0.3 is 5.97 Å². The van der Waals surface area contributed by atoms with E-state index in [0.29, 0.717) is 5.92 Å². The predicted molar refractivity (Wildman–Crippen MR) is 60.1 cm³/mol. The van der Waals surface area contributed by atoms with Crippen molar-refractivity contribution in [3.05, 3.63) is 0 Å². The van der Waals surface area contributed by atoms with Crippen molar-refractivity contribution in [3.63, 3.8) is 0 Å². The van der Waals surface area contributed by atoms with E-state index in [9.17, 15) is 4.79 Å². The van der Waals surface area contributed by atoms with Gasteiger partial charge in [0, 0.05) is 13.1 Å². The van der Waals surface area contributed by atoms with E-state index in [4.69, 9.17) is 9.47 Å². The third-order valence-corrected chi connectivity index (χ3v) is 3.53. The maximum atomic E-state index is 11.8. The second-order valence-corrected chi connectivity index (χ2v) is 4.70. The molecule has 0 aromatic rings. The van der Waals surface area contributed by atoms with Crippen LogP contribution in [0, 0.1) is 5.92 Å². The van der Waals surface area contributed by atoms with Crippen LogP contribution < -0.4 is 0 Å². The Morgan fingerprint density at radius 1 is 1.56 bits per heavy atom. The minimum absolute atomic E-state index is 0.0250. The Kier molecular flexibility index (Phi) is 3.82. The van der Waals surface area contributed by atoms with E-state index >= 15 is 0 Å². The van der Waals surface area contributed by atoms with E-state index < -0.39 is 0 Å². The summed E-state index contributed by atoms with van der Waals surface area (Å²) >= 11 is 0. The van der Waals surface area contributed by atoms with Crippen LogP contribution in [-0.2, 0) is 14.3 Å². The van der Waals surface area contributed by atoms with Gasteiger partial charge in [0.25, 0.3) is 0 Å². The lowest BCUT2D eigenvalue weighted by Gasteiger charge is -2.36. The van der Waals surface area contributed by atoms with Crippen molar-refractivity contribution in [1.29, 1.82) is 0 Å². The lowest BCUT2D eigenvalue weighted by atomic mass is 10.1. The van der Waals surface area contributed by atoms with Gasteiger partial charge in [-0.05, 0) is 25.2 Å². The molecule has 2 atom stereocenters. The highest BCUT2D eigenvalue weighted by Crippen LogP contribution is 2.36. The summed E-state index contributed by atoms with van der Waals surface area (Å²) in [4.78, 5) is 14.0. The van der Waals surface area contributed by atoms with Gasteiger partial charge in [-0.1, -0.05) is 6.92 Å². The van der Waals surface area contributed by atoms with Crippen LogP contribution in [0.2, 0.25) is 0 Å². The number of morpholine rings is 1. The summed E-state index contributed by atoms with van der Waals surface area (Å²) in [7, 11) is 1.48. The zero-order chi connectivity index (χ0) is 11.5. The molecule has 4 heteroatoms. The molecule has 0 aromatic carbocycles. The molecule has 2 unspecified atom stereocenters. The Balaban J connectivity index is 1.98. The van der Waals surface area contributed by atoms with Crippen LogP contribution in [0.15, 0.2) is 0 Å². The van der Waals surface area contributed by atoms with Crippen LogP contribution in [0.5, 0.6) is 0 Å². The number of esters is 1. The van der Waals surface area contributed by atoms with Gasteiger partial charge < -0.3 is 9.47 Å². The van der Waals surface area contributed by atoms with Crippen molar-refractivity contribution in [2.75, 3.05) is 26.8 Å². The molecule has 1 aliphatic heterocycles. The molecule has 0 amide bonds. The first-order valence-corrected chi connectivity index (χ1v) is 6.19. The average molecular weight is 227 g/mol. The lowest BCUT2D eigenvalue weighted by Crippen LogP contribution is -2.51. The van der Waals surface area contributed by atoms with E-state index in [0.717, 1.165) is 39.0 Å². The average Bonchev–Trinajstić information content (AvgIpc) is 3.14. The van der Waals surface area contributed by atoms with E-state index in [1.807, 2.05) is 0 Å². The number of methoxy groups -OCH3 is 1. The second kappa shape index (κ2) is 5.15. The van der Waals surface area contributed by atoms with E-state index in [-0.39, 0.29) is 18.1 Å². The fourth-order valence-electron chi connectivity index (χ4n) is 2.41. The van der Waals surface area contributed by atoms with Gasteiger partial charge in [-0.15, -0.1) is 0 Å². The second-order valence-electron chi connectivity index (χ2n) is 4.70. The quantitative estimate of drug-likeness (QED) is 0.673. The molecule has 0 bridgehead atoms. The largest absolute Gasteiger partial charge is 0.468 e. The third kappa shape index (κ3) is 2.55. The smallest absolute Gasteiger partial charge is 0.323 e.